The molecule has 1 saturated carbocycles. The van der Waals surface area contributed by atoms with Crippen molar-refractivity contribution in [2.75, 3.05) is 11.9 Å². The summed E-state index contributed by atoms with van der Waals surface area (Å²) in [5.41, 5.74) is 1.00. The first-order valence-electron chi connectivity index (χ1n) is 7.89. The van der Waals surface area contributed by atoms with E-state index in [4.69, 9.17) is 0 Å². The molecule has 0 heterocycles. The van der Waals surface area contributed by atoms with Crippen molar-refractivity contribution in [1.29, 1.82) is 0 Å². The number of sulfonamides is 1. The van der Waals surface area contributed by atoms with Crippen LogP contribution in [0.2, 0.25) is 0 Å². The van der Waals surface area contributed by atoms with Crippen molar-refractivity contribution in [3.8, 4) is 0 Å². The van der Waals surface area contributed by atoms with Gasteiger partial charge in [0.25, 0.3) is 0 Å². The molecule has 2 atom stereocenters. The molecule has 0 bridgehead atoms. The first-order chi connectivity index (χ1) is 10.0. The molecule has 21 heavy (non-hydrogen) atoms. The Morgan fingerprint density at radius 1 is 1.10 bits per heavy atom. The van der Waals surface area contributed by atoms with Gasteiger partial charge in [0.05, 0.1) is 4.90 Å². The molecule has 4 nitrogen and oxygen atoms in total. The Balaban J connectivity index is 2.05. The van der Waals surface area contributed by atoms with Crippen molar-refractivity contribution < 1.29 is 8.42 Å². The lowest BCUT2D eigenvalue weighted by Crippen LogP contribution is -2.26. The largest absolute Gasteiger partial charge is 0.382 e. The number of benzene rings is 1. The summed E-state index contributed by atoms with van der Waals surface area (Å²) in [6.07, 6.45) is 6.37. The molecule has 2 unspecified atom stereocenters. The third-order valence-corrected chi connectivity index (χ3v) is 5.77. The number of nitrogens with one attached hydrogen (secondary N) is 2. The van der Waals surface area contributed by atoms with Crippen LogP contribution in [0.4, 0.5) is 5.69 Å². The summed E-state index contributed by atoms with van der Waals surface area (Å²) in [6.45, 7) is 4.48. The van der Waals surface area contributed by atoms with Crippen molar-refractivity contribution in [2.45, 2.75) is 56.9 Å². The van der Waals surface area contributed by atoms with Crippen molar-refractivity contribution in [3.05, 3.63) is 24.3 Å². The van der Waals surface area contributed by atoms with Crippen LogP contribution in [0.3, 0.4) is 0 Å². The van der Waals surface area contributed by atoms with Gasteiger partial charge in [0.15, 0.2) is 0 Å². The molecule has 1 aromatic rings. The first-order valence-corrected chi connectivity index (χ1v) is 9.37. The second kappa shape index (κ2) is 7.27. The zero-order chi connectivity index (χ0) is 15.3. The van der Waals surface area contributed by atoms with Crippen LogP contribution < -0.4 is 10.0 Å². The van der Waals surface area contributed by atoms with Gasteiger partial charge in [-0.2, -0.15) is 0 Å². The number of hydrogen-bond donors (Lipinski definition) is 2. The fourth-order valence-corrected chi connectivity index (χ4v) is 3.97. The summed E-state index contributed by atoms with van der Waals surface area (Å²) in [4.78, 5) is 0.323. The predicted molar refractivity (Wildman–Crippen MR) is 87.0 cm³/mol. The van der Waals surface area contributed by atoms with Gasteiger partial charge < -0.3 is 5.32 Å². The Kier molecular flexibility index (Phi) is 5.65. The van der Waals surface area contributed by atoms with Gasteiger partial charge in [-0.1, -0.05) is 33.1 Å². The molecule has 0 aromatic heterocycles. The molecule has 118 valence electrons. The lowest BCUT2D eigenvalue weighted by Gasteiger charge is -2.24. The van der Waals surface area contributed by atoms with Crippen molar-refractivity contribution in [2.24, 2.45) is 5.92 Å². The molecule has 1 aromatic carbocycles. The molecule has 2 N–H and O–H groups in total. The van der Waals surface area contributed by atoms with E-state index in [0.717, 1.165) is 5.69 Å². The van der Waals surface area contributed by atoms with E-state index in [1.54, 1.807) is 19.1 Å². The van der Waals surface area contributed by atoms with Crippen molar-refractivity contribution in [1.82, 2.24) is 4.72 Å². The molecule has 0 saturated heterocycles. The fraction of sp³-hybridized carbons (Fsp3) is 0.625. The minimum Gasteiger partial charge on any atom is -0.382 e. The highest BCUT2D eigenvalue weighted by Gasteiger charge is 2.20. The van der Waals surface area contributed by atoms with E-state index in [0.29, 0.717) is 23.4 Å². The quantitative estimate of drug-likeness (QED) is 0.820. The number of hydrogen-bond acceptors (Lipinski definition) is 3. The summed E-state index contributed by atoms with van der Waals surface area (Å²) >= 11 is 0. The molecule has 1 aliphatic carbocycles. The van der Waals surface area contributed by atoms with Gasteiger partial charge in [-0.15, -0.1) is 0 Å². The van der Waals surface area contributed by atoms with Crippen LogP contribution in [-0.2, 0) is 10.0 Å². The fourth-order valence-electron chi connectivity index (χ4n) is 2.93. The third-order valence-electron chi connectivity index (χ3n) is 4.21. The van der Waals surface area contributed by atoms with Crippen LogP contribution in [0.5, 0.6) is 0 Å². The summed E-state index contributed by atoms with van der Waals surface area (Å²) in [7, 11) is -3.35. The van der Waals surface area contributed by atoms with Crippen LogP contribution >= 0.6 is 0 Å². The summed E-state index contributed by atoms with van der Waals surface area (Å²) < 4.78 is 26.3. The molecule has 0 amide bonds. The molecule has 1 fully saturated rings. The van der Waals surface area contributed by atoms with Gasteiger partial charge in [-0.25, -0.2) is 13.1 Å². The summed E-state index contributed by atoms with van der Waals surface area (Å²) in [5.74, 6) is 0.665. The van der Waals surface area contributed by atoms with Crippen LogP contribution in [0.25, 0.3) is 0 Å². The maximum absolute atomic E-state index is 11.9. The van der Waals surface area contributed by atoms with Crippen molar-refractivity contribution >= 4 is 15.7 Å². The van der Waals surface area contributed by atoms with Crippen LogP contribution in [0.1, 0.15) is 46.0 Å². The van der Waals surface area contributed by atoms with E-state index in [9.17, 15) is 8.42 Å². The van der Waals surface area contributed by atoms with Gasteiger partial charge in [0.2, 0.25) is 10.0 Å². The molecule has 5 heteroatoms. The smallest absolute Gasteiger partial charge is 0.240 e. The SMILES string of the molecule is CCNS(=O)(=O)c1ccc(NC2CCCCCC2C)cc1. The van der Waals surface area contributed by atoms with Crippen LogP contribution in [0.15, 0.2) is 29.2 Å². The zero-order valence-corrected chi connectivity index (χ0v) is 13.7. The van der Waals surface area contributed by atoms with Gasteiger partial charge in [-0.3, -0.25) is 0 Å². The Morgan fingerprint density at radius 2 is 1.76 bits per heavy atom. The van der Waals surface area contributed by atoms with E-state index < -0.39 is 10.0 Å². The Bertz CT molecular complexity index is 540. The van der Waals surface area contributed by atoms with Crippen LogP contribution in [-0.4, -0.2) is 21.0 Å². The van der Waals surface area contributed by atoms with Gasteiger partial charge in [0, 0.05) is 18.3 Å². The molecule has 0 aliphatic heterocycles. The molecule has 2 rings (SSSR count). The predicted octanol–water partition coefficient (Wildman–Crippen LogP) is 3.37. The van der Waals surface area contributed by atoms with Gasteiger partial charge >= 0.3 is 0 Å². The molecule has 1 aliphatic rings. The standard InChI is InChI=1S/C16H26N2O2S/c1-3-17-21(19,20)15-11-9-14(10-12-15)18-16-8-6-4-5-7-13(16)2/h9-13,16-18H,3-8H2,1-2H3. The second-order valence-corrected chi connectivity index (χ2v) is 7.66. The molecular formula is C16H26N2O2S. The Morgan fingerprint density at radius 3 is 2.43 bits per heavy atom. The van der Waals surface area contributed by atoms with E-state index in [1.807, 2.05) is 12.1 Å². The zero-order valence-electron chi connectivity index (χ0n) is 12.9. The Labute approximate surface area is 128 Å². The van der Waals surface area contributed by atoms with E-state index in [2.05, 4.69) is 17.0 Å². The van der Waals surface area contributed by atoms with Gasteiger partial charge in [-0.05, 0) is 43.0 Å². The topological polar surface area (TPSA) is 58.2 Å². The van der Waals surface area contributed by atoms with E-state index in [-0.39, 0.29) is 0 Å². The lowest BCUT2D eigenvalue weighted by atomic mass is 9.97. The lowest BCUT2D eigenvalue weighted by molar-refractivity contribution is 0.456. The Hall–Kier alpha value is -1.07. The normalized spacial score (nSPS) is 23.5. The summed E-state index contributed by atoms with van der Waals surface area (Å²) in [6, 6.07) is 7.55. The highest BCUT2D eigenvalue weighted by atomic mass is 32.2. The van der Waals surface area contributed by atoms with E-state index >= 15 is 0 Å². The number of rotatable bonds is 5. The van der Waals surface area contributed by atoms with E-state index in [1.165, 1.54) is 32.1 Å². The van der Waals surface area contributed by atoms with Crippen LogP contribution in [0, 0.1) is 5.92 Å². The maximum atomic E-state index is 11.9. The maximum Gasteiger partial charge on any atom is 0.240 e. The highest BCUT2D eigenvalue weighted by molar-refractivity contribution is 7.89. The summed E-state index contributed by atoms with van der Waals surface area (Å²) in [5, 5.41) is 3.57. The number of anilines is 1. The molecule has 0 radical (unpaired) electrons. The average Bonchev–Trinajstić information content (AvgIpc) is 2.65. The molecule has 0 spiro atoms. The van der Waals surface area contributed by atoms with Crippen molar-refractivity contribution in [3.63, 3.8) is 0 Å². The highest BCUT2D eigenvalue weighted by Crippen LogP contribution is 2.26. The molecular weight excluding hydrogens is 284 g/mol. The van der Waals surface area contributed by atoms with Gasteiger partial charge in [0.1, 0.15) is 0 Å². The average molecular weight is 310 g/mol. The monoisotopic (exact) mass is 310 g/mol. The minimum atomic E-state index is -3.35. The second-order valence-electron chi connectivity index (χ2n) is 5.89. The minimum absolute atomic E-state index is 0.323. The first kappa shape index (κ1) is 16.3. The third kappa shape index (κ3) is 4.45.